The molecule has 1 aromatic carbocycles. The van der Waals surface area contributed by atoms with Gasteiger partial charge in [-0.15, -0.1) is 13.2 Å². The predicted octanol–water partition coefficient (Wildman–Crippen LogP) is 2.03. The molecule has 0 amide bonds. The average Bonchev–Trinajstić information content (AvgIpc) is 2.58. The second-order valence-electron chi connectivity index (χ2n) is 5.41. The molecule has 3 rings (SSSR count). The van der Waals surface area contributed by atoms with Crippen molar-refractivity contribution in [3.05, 3.63) is 51.2 Å². The fourth-order valence-corrected chi connectivity index (χ4v) is 2.44. The summed E-state index contributed by atoms with van der Waals surface area (Å²) in [4.78, 5) is 27.9. The van der Waals surface area contributed by atoms with Crippen LogP contribution in [0.3, 0.4) is 0 Å². The maximum Gasteiger partial charge on any atom is 0.573 e. The molecule has 0 spiro atoms. The number of fused-ring (bicyclic) bond motifs is 1. The third kappa shape index (κ3) is 3.30. The van der Waals surface area contributed by atoms with Gasteiger partial charge >= 0.3 is 12.1 Å². The van der Waals surface area contributed by atoms with Gasteiger partial charge in [0.05, 0.1) is 11.3 Å². The Morgan fingerprint density at radius 2 is 1.81 bits per heavy atom. The van der Waals surface area contributed by atoms with Crippen molar-refractivity contribution in [2.45, 2.75) is 19.8 Å². The zero-order valence-corrected chi connectivity index (χ0v) is 13.7. The second-order valence-corrected chi connectivity index (χ2v) is 5.41. The topological polar surface area (TPSA) is 79.0 Å². The normalized spacial score (nSPS) is 11.7. The van der Waals surface area contributed by atoms with E-state index < -0.39 is 17.6 Å². The monoisotopic (exact) mass is 366 g/mol. The Labute approximate surface area is 144 Å². The van der Waals surface area contributed by atoms with E-state index >= 15 is 0 Å². The zero-order valence-electron chi connectivity index (χ0n) is 13.7. The molecular formula is C16H13F3N4O3. The van der Waals surface area contributed by atoms with E-state index in [2.05, 4.69) is 14.8 Å². The first kappa shape index (κ1) is 17.6. The van der Waals surface area contributed by atoms with Crippen LogP contribution >= 0.6 is 0 Å². The van der Waals surface area contributed by atoms with E-state index in [1.807, 2.05) is 0 Å². The molecule has 0 aliphatic carbocycles. The standard InChI is InChI=1S/C16H13F3N4O3/c1-3-23-13-11(14(24)22(2)15(25)20-13)8-12(21-23)9-4-6-10(7-5-9)26-16(17,18)19/h4-8H,3H2,1-2H3. The summed E-state index contributed by atoms with van der Waals surface area (Å²) in [6, 6.07) is 6.56. The highest BCUT2D eigenvalue weighted by Crippen LogP contribution is 2.27. The molecule has 0 saturated heterocycles. The molecule has 7 nitrogen and oxygen atoms in total. The minimum Gasteiger partial charge on any atom is -0.406 e. The summed E-state index contributed by atoms with van der Waals surface area (Å²) in [7, 11) is 1.32. The maximum absolute atomic E-state index is 12.3. The first-order valence-corrected chi connectivity index (χ1v) is 7.54. The minimum atomic E-state index is -4.78. The van der Waals surface area contributed by atoms with Crippen molar-refractivity contribution in [3.63, 3.8) is 0 Å². The Hall–Kier alpha value is -3.17. The van der Waals surface area contributed by atoms with Crippen LogP contribution in [0.1, 0.15) is 6.92 Å². The summed E-state index contributed by atoms with van der Waals surface area (Å²) in [6.07, 6.45) is -4.78. The van der Waals surface area contributed by atoms with Crippen LogP contribution in [0.25, 0.3) is 22.6 Å². The number of hydrogen-bond acceptors (Lipinski definition) is 5. The van der Waals surface area contributed by atoms with Gasteiger partial charge in [0.15, 0.2) is 5.82 Å². The quantitative estimate of drug-likeness (QED) is 0.709. The number of rotatable bonds is 3. The van der Waals surface area contributed by atoms with E-state index in [1.165, 1.54) is 29.9 Å². The lowest BCUT2D eigenvalue weighted by Gasteiger charge is -2.14. The molecule has 2 heterocycles. The van der Waals surface area contributed by atoms with Crippen molar-refractivity contribution in [1.82, 2.24) is 19.3 Å². The number of benzene rings is 1. The largest absolute Gasteiger partial charge is 0.573 e. The van der Waals surface area contributed by atoms with Crippen LogP contribution in [-0.2, 0) is 13.6 Å². The molecule has 2 aliphatic rings. The first-order valence-electron chi connectivity index (χ1n) is 7.54. The number of halogens is 3. The molecule has 0 aromatic heterocycles. The smallest absolute Gasteiger partial charge is 0.406 e. The molecule has 0 unspecified atom stereocenters. The molecular weight excluding hydrogens is 353 g/mol. The highest BCUT2D eigenvalue weighted by molar-refractivity contribution is 5.67. The van der Waals surface area contributed by atoms with Crippen molar-refractivity contribution < 1.29 is 17.9 Å². The summed E-state index contributed by atoms with van der Waals surface area (Å²) >= 11 is 0. The Bertz CT molecular complexity index is 1040. The maximum atomic E-state index is 12.3. The van der Waals surface area contributed by atoms with Gasteiger partial charge in [-0.1, -0.05) is 0 Å². The van der Waals surface area contributed by atoms with E-state index in [0.717, 1.165) is 16.7 Å². The Morgan fingerprint density at radius 3 is 2.38 bits per heavy atom. The van der Waals surface area contributed by atoms with Gasteiger partial charge < -0.3 is 4.74 Å². The fraction of sp³-hybridized carbons (Fsp3) is 0.250. The van der Waals surface area contributed by atoms with Gasteiger partial charge in [-0.3, -0.25) is 9.36 Å². The number of hydrogen-bond donors (Lipinski definition) is 0. The highest BCUT2D eigenvalue weighted by atomic mass is 19.4. The lowest BCUT2D eigenvalue weighted by atomic mass is 10.1. The number of aryl methyl sites for hydroxylation is 1. The van der Waals surface area contributed by atoms with Crippen LogP contribution in [0, 0.1) is 0 Å². The zero-order chi connectivity index (χ0) is 19.1. The molecule has 10 heteroatoms. The lowest BCUT2D eigenvalue weighted by Crippen LogP contribution is -2.36. The van der Waals surface area contributed by atoms with Gasteiger partial charge in [-0.25, -0.2) is 9.48 Å². The molecule has 0 saturated carbocycles. The summed E-state index contributed by atoms with van der Waals surface area (Å²) in [5.41, 5.74) is -0.183. The van der Waals surface area contributed by atoms with Crippen molar-refractivity contribution >= 4 is 0 Å². The molecule has 2 aliphatic heterocycles. The fourth-order valence-electron chi connectivity index (χ4n) is 2.44. The van der Waals surface area contributed by atoms with E-state index in [4.69, 9.17) is 0 Å². The number of nitrogens with zero attached hydrogens (tertiary/aromatic N) is 4. The van der Waals surface area contributed by atoms with Gasteiger partial charge in [0.25, 0.3) is 5.56 Å². The molecule has 0 bridgehead atoms. The van der Waals surface area contributed by atoms with Crippen LogP contribution < -0.4 is 16.0 Å². The lowest BCUT2D eigenvalue weighted by molar-refractivity contribution is -0.274. The SMILES string of the molecule is CCn1nc(-c2ccc(OC(F)(F)F)cc2)cc2c(=O)n(C)c(=O)nc1-2. The summed E-state index contributed by atoms with van der Waals surface area (Å²) in [5.74, 6) is -0.208. The summed E-state index contributed by atoms with van der Waals surface area (Å²) in [6.45, 7) is 2.11. The average molecular weight is 366 g/mol. The third-order valence-corrected chi connectivity index (χ3v) is 3.70. The van der Waals surface area contributed by atoms with E-state index in [0.29, 0.717) is 17.8 Å². The van der Waals surface area contributed by atoms with Crippen LogP contribution in [0.15, 0.2) is 39.9 Å². The van der Waals surface area contributed by atoms with Crippen molar-refractivity contribution in [2.75, 3.05) is 0 Å². The Balaban J connectivity index is 2.13. The van der Waals surface area contributed by atoms with Crippen LogP contribution in [0.2, 0.25) is 0 Å². The van der Waals surface area contributed by atoms with Gasteiger partial charge in [-0.05, 0) is 37.3 Å². The predicted molar refractivity (Wildman–Crippen MR) is 85.9 cm³/mol. The molecule has 0 atom stereocenters. The van der Waals surface area contributed by atoms with Crippen LogP contribution in [-0.4, -0.2) is 25.7 Å². The van der Waals surface area contributed by atoms with E-state index in [-0.39, 0.29) is 17.1 Å². The minimum absolute atomic E-state index is 0.154. The van der Waals surface area contributed by atoms with E-state index in [1.54, 1.807) is 6.92 Å². The van der Waals surface area contributed by atoms with Gasteiger partial charge in [0.1, 0.15) is 5.75 Å². The first-order chi connectivity index (χ1) is 12.2. The van der Waals surface area contributed by atoms with E-state index in [9.17, 15) is 22.8 Å². The number of alkyl halides is 3. The van der Waals surface area contributed by atoms with Crippen molar-refractivity contribution in [3.8, 4) is 28.4 Å². The number of aromatic nitrogens is 4. The third-order valence-electron chi connectivity index (χ3n) is 3.70. The van der Waals surface area contributed by atoms with Gasteiger partial charge in [0.2, 0.25) is 0 Å². The van der Waals surface area contributed by atoms with Crippen molar-refractivity contribution in [1.29, 1.82) is 0 Å². The second kappa shape index (κ2) is 6.28. The Kier molecular flexibility index (Phi) is 4.26. The molecule has 0 radical (unpaired) electrons. The number of ether oxygens (including phenoxy) is 1. The van der Waals surface area contributed by atoms with Crippen LogP contribution in [0.4, 0.5) is 13.2 Å². The highest BCUT2D eigenvalue weighted by Gasteiger charge is 2.31. The summed E-state index contributed by atoms with van der Waals surface area (Å²) < 4.78 is 42.8. The molecule has 0 fully saturated rings. The molecule has 1 aromatic rings. The molecule has 136 valence electrons. The van der Waals surface area contributed by atoms with Gasteiger partial charge in [-0.2, -0.15) is 10.1 Å². The molecule has 26 heavy (non-hydrogen) atoms. The Morgan fingerprint density at radius 1 is 1.15 bits per heavy atom. The van der Waals surface area contributed by atoms with Crippen molar-refractivity contribution in [2.24, 2.45) is 7.05 Å². The van der Waals surface area contributed by atoms with Gasteiger partial charge in [0, 0.05) is 19.2 Å². The molecule has 0 N–H and O–H groups in total. The summed E-state index contributed by atoms with van der Waals surface area (Å²) in [5, 5.41) is 4.31. The van der Waals surface area contributed by atoms with Crippen LogP contribution in [0.5, 0.6) is 5.75 Å².